The maximum absolute atomic E-state index is 5.97. The first-order valence-electron chi connectivity index (χ1n) is 8.63. The molecule has 0 amide bonds. The molecule has 2 atom stereocenters. The zero-order valence-electron chi connectivity index (χ0n) is 14.2. The number of rotatable bonds is 5. The molecule has 21 heavy (non-hydrogen) atoms. The number of hydrogen-bond donors (Lipinski definition) is 2. The van der Waals surface area contributed by atoms with Gasteiger partial charge in [0.2, 0.25) is 0 Å². The Morgan fingerprint density at radius 1 is 1.10 bits per heavy atom. The van der Waals surface area contributed by atoms with Gasteiger partial charge in [-0.15, -0.1) is 0 Å². The minimum atomic E-state index is 0.547. The van der Waals surface area contributed by atoms with E-state index in [2.05, 4.69) is 51.2 Å². The molecule has 0 saturated heterocycles. The summed E-state index contributed by atoms with van der Waals surface area (Å²) in [7, 11) is 0. The molecule has 1 fully saturated rings. The van der Waals surface area contributed by atoms with Crippen molar-refractivity contribution < 1.29 is 0 Å². The molecule has 0 radical (unpaired) electrons. The van der Waals surface area contributed by atoms with E-state index in [1.165, 1.54) is 42.5 Å². The molecule has 1 aliphatic carbocycles. The lowest BCUT2D eigenvalue weighted by Gasteiger charge is -2.33. The van der Waals surface area contributed by atoms with Crippen molar-refractivity contribution in [3.05, 3.63) is 29.3 Å². The molecule has 118 valence electrons. The van der Waals surface area contributed by atoms with Crippen LogP contribution in [0.2, 0.25) is 0 Å². The summed E-state index contributed by atoms with van der Waals surface area (Å²) in [5.41, 5.74) is 10.2. The first-order valence-corrected chi connectivity index (χ1v) is 8.63. The van der Waals surface area contributed by atoms with Gasteiger partial charge in [-0.25, -0.2) is 0 Å². The highest BCUT2D eigenvalue weighted by Crippen LogP contribution is 2.32. The number of nitrogens with two attached hydrogens (primary N) is 1. The van der Waals surface area contributed by atoms with Crippen molar-refractivity contribution in [3.8, 4) is 0 Å². The van der Waals surface area contributed by atoms with Crippen LogP contribution in [0.3, 0.4) is 0 Å². The van der Waals surface area contributed by atoms with Gasteiger partial charge in [0, 0.05) is 11.7 Å². The number of hydrogen-bond acceptors (Lipinski definition) is 2. The van der Waals surface area contributed by atoms with Gasteiger partial charge in [-0.2, -0.15) is 0 Å². The standard InChI is InChI=1S/C19H32N2/c1-13(2)15-9-10-19(17(11-15)14(3)4)21-18-8-6-5-7-16(18)12-20/h9-11,13-14,16,18,21H,5-8,12,20H2,1-4H3. The van der Waals surface area contributed by atoms with Crippen LogP contribution in [-0.2, 0) is 0 Å². The van der Waals surface area contributed by atoms with E-state index in [9.17, 15) is 0 Å². The molecule has 1 saturated carbocycles. The average molecular weight is 288 g/mol. The van der Waals surface area contributed by atoms with E-state index >= 15 is 0 Å². The lowest BCUT2D eigenvalue weighted by atomic mass is 9.84. The van der Waals surface area contributed by atoms with Crippen LogP contribution in [0.15, 0.2) is 18.2 Å². The summed E-state index contributed by atoms with van der Waals surface area (Å²) in [5.74, 6) is 1.76. The molecule has 1 aromatic carbocycles. The van der Waals surface area contributed by atoms with Crippen molar-refractivity contribution >= 4 is 5.69 Å². The van der Waals surface area contributed by atoms with E-state index in [0.717, 1.165) is 6.54 Å². The molecule has 3 N–H and O–H groups in total. The Labute approximate surface area is 130 Å². The van der Waals surface area contributed by atoms with Crippen LogP contribution >= 0.6 is 0 Å². The molecular formula is C19H32N2. The molecule has 2 heteroatoms. The minimum absolute atomic E-state index is 0.547. The molecule has 1 aromatic rings. The summed E-state index contributed by atoms with van der Waals surface area (Å²) in [6, 6.07) is 7.50. The first-order chi connectivity index (χ1) is 10.0. The van der Waals surface area contributed by atoms with Crippen LogP contribution in [0.1, 0.15) is 76.3 Å². The molecule has 1 aliphatic rings. The molecular weight excluding hydrogens is 256 g/mol. The van der Waals surface area contributed by atoms with Crippen molar-refractivity contribution in [2.24, 2.45) is 11.7 Å². The van der Waals surface area contributed by atoms with Crippen LogP contribution in [0.25, 0.3) is 0 Å². The molecule has 0 bridgehead atoms. The third kappa shape index (κ3) is 4.00. The van der Waals surface area contributed by atoms with Crippen LogP contribution in [0, 0.1) is 5.92 Å². The van der Waals surface area contributed by atoms with Gasteiger partial charge in [-0.05, 0) is 54.3 Å². The van der Waals surface area contributed by atoms with Gasteiger partial charge >= 0.3 is 0 Å². The number of anilines is 1. The van der Waals surface area contributed by atoms with Gasteiger partial charge < -0.3 is 11.1 Å². The van der Waals surface area contributed by atoms with Gasteiger partial charge in [-0.1, -0.05) is 52.7 Å². The van der Waals surface area contributed by atoms with Gasteiger partial charge in [0.15, 0.2) is 0 Å². The van der Waals surface area contributed by atoms with E-state index in [0.29, 0.717) is 23.8 Å². The molecule has 0 spiro atoms. The van der Waals surface area contributed by atoms with Crippen molar-refractivity contribution in [1.82, 2.24) is 0 Å². The Hall–Kier alpha value is -1.02. The summed E-state index contributed by atoms with van der Waals surface area (Å²) in [4.78, 5) is 0. The lowest BCUT2D eigenvalue weighted by molar-refractivity contribution is 0.332. The largest absolute Gasteiger partial charge is 0.382 e. The quantitative estimate of drug-likeness (QED) is 0.811. The van der Waals surface area contributed by atoms with Crippen LogP contribution in [0.5, 0.6) is 0 Å². The molecule has 2 nitrogen and oxygen atoms in total. The Balaban J connectivity index is 2.22. The maximum Gasteiger partial charge on any atom is 0.0377 e. The zero-order chi connectivity index (χ0) is 15.4. The van der Waals surface area contributed by atoms with Crippen LogP contribution in [0.4, 0.5) is 5.69 Å². The van der Waals surface area contributed by atoms with E-state index in [1.807, 2.05) is 0 Å². The second-order valence-corrected chi connectivity index (χ2v) is 7.19. The van der Waals surface area contributed by atoms with Gasteiger partial charge in [0.1, 0.15) is 0 Å². The van der Waals surface area contributed by atoms with Crippen molar-refractivity contribution in [2.75, 3.05) is 11.9 Å². The summed E-state index contributed by atoms with van der Waals surface area (Å²) in [5, 5.41) is 3.82. The minimum Gasteiger partial charge on any atom is -0.382 e. The third-order valence-corrected chi connectivity index (χ3v) is 4.92. The van der Waals surface area contributed by atoms with Crippen LogP contribution < -0.4 is 11.1 Å². The topological polar surface area (TPSA) is 38.0 Å². The summed E-state index contributed by atoms with van der Waals surface area (Å²) >= 11 is 0. The highest BCUT2D eigenvalue weighted by atomic mass is 14.9. The highest BCUT2D eigenvalue weighted by molar-refractivity contribution is 5.55. The van der Waals surface area contributed by atoms with Crippen molar-refractivity contribution in [3.63, 3.8) is 0 Å². The normalized spacial score (nSPS) is 22.8. The predicted molar refractivity (Wildman–Crippen MR) is 93.0 cm³/mol. The summed E-state index contributed by atoms with van der Waals surface area (Å²) in [6.07, 6.45) is 5.19. The Morgan fingerprint density at radius 3 is 2.43 bits per heavy atom. The van der Waals surface area contributed by atoms with Gasteiger partial charge in [-0.3, -0.25) is 0 Å². The molecule has 2 unspecified atom stereocenters. The molecule has 2 rings (SSSR count). The predicted octanol–water partition coefficient (Wildman–Crippen LogP) is 4.86. The second kappa shape index (κ2) is 7.31. The van der Waals surface area contributed by atoms with Gasteiger partial charge in [0.25, 0.3) is 0 Å². The van der Waals surface area contributed by atoms with E-state index < -0.39 is 0 Å². The van der Waals surface area contributed by atoms with E-state index in [4.69, 9.17) is 5.73 Å². The SMILES string of the molecule is CC(C)c1ccc(NC2CCCCC2CN)c(C(C)C)c1. The Bertz CT molecular complexity index is 451. The fraction of sp³-hybridized carbons (Fsp3) is 0.684. The zero-order valence-corrected chi connectivity index (χ0v) is 14.2. The maximum atomic E-state index is 5.97. The number of benzene rings is 1. The van der Waals surface area contributed by atoms with Crippen molar-refractivity contribution in [1.29, 1.82) is 0 Å². The summed E-state index contributed by atoms with van der Waals surface area (Å²) in [6.45, 7) is 9.90. The lowest BCUT2D eigenvalue weighted by Crippen LogP contribution is -2.37. The second-order valence-electron chi connectivity index (χ2n) is 7.19. The molecule has 0 heterocycles. The fourth-order valence-electron chi connectivity index (χ4n) is 3.43. The number of nitrogens with one attached hydrogen (secondary N) is 1. The van der Waals surface area contributed by atoms with Crippen LogP contribution in [-0.4, -0.2) is 12.6 Å². The highest BCUT2D eigenvalue weighted by Gasteiger charge is 2.24. The van der Waals surface area contributed by atoms with Gasteiger partial charge in [0.05, 0.1) is 0 Å². The fourth-order valence-corrected chi connectivity index (χ4v) is 3.43. The molecule has 0 aromatic heterocycles. The molecule has 0 aliphatic heterocycles. The summed E-state index contributed by atoms with van der Waals surface area (Å²) < 4.78 is 0. The van der Waals surface area contributed by atoms with E-state index in [1.54, 1.807) is 0 Å². The first kappa shape index (κ1) is 16.4. The Kier molecular flexibility index (Phi) is 5.69. The smallest absolute Gasteiger partial charge is 0.0377 e. The van der Waals surface area contributed by atoms with Crippen molar-refractivity contribution in [2.45, 2.75) is 71.3 Å². The Morgan fingerprint density at radius 2 is 1.81 bits per heavy atom. The third-order valence-electron chi connectivity index (χ3n) is 4.92. The van der Waals surface area contributed by atoms with E-state index in [-0.39, 0.29) is 0 Å². The average Bonchev–Trinajstić information content (AvgIpc) is 2.47. The monoisotopic (exact) mass is 288 g/mol.